The van der Waals surface area contributed by atoms with E-state index in [-0.39, 0.29) is 5.70 Å². The predicted octanol–water partition coefficient (Wildman–Crippen LogP) is 2.02. The van der Waals surface area contributed by atoms with E-state index in [0.29, 0.717) is 24.2 Å². The zero-order valence-corrected chi connectivity index (χ0v) is 8.79. The van der Waals surface area contributed by atoms with Crippen LogP contribution < -0.4 is 15.2 Å². The van der Waals surface area contributed by atoms with Crippen molar-refractivity contribution in [2.24, 2.45) is 5.73 Å². The molecule has 0 saturated carbocycles. The summed E-state index contributed by atoms with van der Waals surface area (Å²) < 4.78 is 22.2. The summed E-state index contributed by atoms with van der Waals surface area (Å²) in [5, 5.41) is 0. The van der Waals surface area contributed by atoms with Crippen molar-refractivity contribution >= 4 is 0 Å². The van der Waals surface area contributed by atoms with E-state index >= 15 is 0 Å². The van der Waals surface area contributed by atoms with Gasteiger partial charge >= 0.3 is 0 Å². The van der Waals surface area contributed by atoms with E-state index < -0.39 is 0 Å². The second-order valence-corrected chi connectivity index (χ2v) is 3.05. The predicted molar refractivity (Wildman–Crippen MR) is 56.6 cm³/mol. The summed E-state index contributed by atoms with van der Waals surface area (Å²) in [6.07, 6.45) is 0.758. The highest BCUT2D eigenvalue weighted by Crippen LogP contribution is 2.27. The van der Waals surface area contributed by atoms with Crippen LogP contribution in [0.4, 0.5) is 4.39 Å². The summed E-state index contributed by atoms with van der Waals surface area (Å²) in [5.74, 6) is 1.26. The molecule has 0 amide bonds. The molecule has 15 heavy (non-hydrogen) atoms. The summed E-state index contributed by atoms with van der Waals surface area (Å²) >= 11 is 0. The van der Waals surface area contributed by atoms with Gasteiger partial charge in [0.15, 0.2) is 11.5 Å². The van der Waals surface area contributed by atoms with Gasteiger partial charge < -0.3 is 15.2 Å². The molecule has 2 N–H and O–H groups in total. The molecule has 0 aliphatic rings. The molecule has 0 saturated heterocycles. The standard InChI is InChI=1S/C11H14FNO2/c1-14-10-4-3-8(5-9(13)7-12)6-11(10)15-2/h3-4,6-7H,5,13H2,1-2H3. The lowest BCUT2D eigenvalue weighted by Crippen LogP contribution is -2.01. The first-order chi connectivity index (χ1) is 7.21. The van der Waals surface area contributed by atoms with E-state index in [1.807, 2.05) is 6.07 Å². The Hall–Kier alpha value is -1.71. The number of halogens is 1. The fourth-order valence-electron chi connectivity index (χ4n) is 1.26. The van der Waals surface area contributed by atoms with Crippen molar-refractivity contribution < 1.29 is 13.9 Å². The van der Waals surface area contributed by atoms with Crippen LogP contribution in [0.3, 0.4) is 0 Å². The van der Waals surface area contributed by atoms with Crippen LogP contribution in [0.15, 0.2) is 30.2 Å². The van der Waals surface area contributed by atoms with E-state index in [0.717, 1.165) is 5.56 Å². The molecule has 0 atom stereocenters. The van der Waals surface area contributed by atoms with Gasteiger partial charge in [0, 0.05) is 12.1 Å². The van der Waals surface area contributed by atoms with Crippen molar-refractivity contribution in [1.82, 2.24) is 0 Å². The lowest BCUT2D eigenvalue weighted by Gasteiger charge is -2.09. The third-order valence-corrected chi connectivity index (χ3v) is 2.00. The van der Waals surface area contributed by atoms with Crippen LogP contribution >= 0.6 is 0 Å². The van der Waals surface area contributed by atoms with Gasteiger partial charge in [-0.15, -0.1) is 0 Å². The summed E-state index contributed by atoms with van der Waals surface area (Å²) in [7, 11) is 3.11. The fraction of sp³-hybridized carbons (Fsp3) is 0.273. The Kier molecular flexibility index (Phi) is 3.97. The molecule has 0 fully saturated rings. The van der Waals surface area contributed by atoms with Gasteiger partial charge in [0.25, 0.3) is 0 Å². The van der Waals surface area contributed by atoms with Gasteiger partial charge in [0.05, 0.1) is 14.2 Å². The zero-order chi connectivity index (χ0) is 11.3. The quantitative estimate of drug-likeness (QED) is 0.828. The molecule has 3 nitrogen and oxygen atoms in total. The Morgan fingerprint density at radius 3 is 2.53 bits per heavy atom. The van der Waals surface area contributed by atoms with Crippen LogP contribution in [0.1, 0.15) is 5.56 Å². The van der Waals surface area contributed by atoms with Crippen molar-refractivity contribution in [2.45, 2.75) is 6.42 Å². The number of nitrogens with two attached hydrogens (primary N) is 1. The molecule has 0 bridgehead atoms. The minimum Gasteiger partial charge on any atom is -0.493 e. The number of hydrogen-bond donors (Lipinski definition) is 1. The average Bonchev–Trinajstić information content (AvgIpc) is 2.28. The summed E-state index contributed by atoms with van der Waals surface area (Å²) in [5.41, 5.74) is 6.44. The van der Waals surface area contributed by atoms with Gasteiger partial charge in [-0.3, -0.25) is 0 Å². The molecule has 0 aliphatic carbocycles. The zero-order valence-electron chi connectivity index (χ0n) is 8.79. The number of benzene rings is 1. The molecule has 0 heterocycles. The van der Waals surface area contributed by atoms with Crippen molar-refractivity contribution in [3.8, 4) is 11.5 Å². The Morgan fingerprint density at radius 1 is 1.33 bits per heavy atom. The van der Waals surface area contributed by atoms with Crippen LogP contribution in [0.25, 0.3) is 0 Å². The molecule has 0 radical (unpaired) electrons. The number of allylic oxidation sites excluding steroid dienone is 1. The maximum atomic E-state index is 12.1. The highest BCUT2D eigenvalue weighted by atomic mass is 19.1. The molecule has 0 unspecified atom stereocenters. The summed E-state index contributed by atoms with van der Waals surface area (Å²) in [6.45, 7) is 0. The lowest BCUT2D eigenvalue weighted by molar-refractivity contribution is 0.354. The molecule has 0 aliphatic heterocycles. The highest BCUT2D eigenvalue weighted by Gasteiger charge is 2.04. The van der Waals surface area contributed by atoms with Gasteiger partial charge in [0.1, 0.15) is 6.33 Å². The Bertz CT molecular complexity index is 364. The Morgan fingerprint density at radius 2 is 2.00 bits per heavy atom. The molecule has 0 aromatic heterocycles. The number of hydrogen-bond acceptors (Lipinski definition) is 3. The first-order valence-corrected chi connectivity index (χ1v) is 4.47. The Balaban J connectivity index is 2.93. The van der Waals surface area contributed by atoms with E-state index in [1.165, 1.54) is 0 Å². The fourth-order valence-corrected chi connectivity index (χ4v) is 1.26. The van der Waals surface area contributed by atoms with E-state index in [4.69, 9.17) is 15.2 Å². The maximum absolute atomic E-state index is 12.1. The second-order valence-electron chi connectivity index (χ2n) is 3.05. The third-order valence-electron chi connectivity index (χ3n) is 2.00. The average molecular weight is 211 g/mol. The largest absolute Gasteiger partial charge is 0.493 e. The second kappa shape index (κ2) is 5.24. The van der Waals surface area contributed by atoms with Crippen LogP contribution in [-0.4, -0.2) is 14.2 Å². The third kappa shape index (κ3) is 2.87. The molecule has 4 heteroatoms. The normalized spacial score (nSPS) is 11.3. The summed E-state index contributed by atoms with van der Waals surface area (Å²) in [6, 6.07) is 5.35. The minimum atomic E-state index is 0.183. The molecular formula is C11H14FNO2. The van der Waals surface area contributed by atoms with E-state index in [9.17, 15) is 4.39 Å². The topological polar surface area (TPSA) is 44.5 Å². The van der Waals surface area contributed by atoms with Crippen molar-refractivity contribution in [3.05, 3.63) is 35.8 Å². The van der Waals surface area contributed by atoms with Crippen LogP contribution in [-0.2, 0) is 6.42 Å². The molecule has 82 valence electrons. The Labute approximate surface area is 88.3 Å². The van der Waals surface area contributed by atoms with Gasteiger partial charge in [-0.25, -0.2) is 4.39 Å². The van der Waals surface area contributed by atoms with E-state index in [1.54, 1.807) is 26.4 Å². The van der Waals surface area contributed by atoms with Gasteiger partial charge in [-0.1, -0.05) is 6.07 Å². The van der Waals surface area contributed by atoms with Crippen molar-refractivity contribution in [2.75, 3.05) is 14.2 Å². The molecular weight excluding hydrogens is 197 g/mol. The SMILES string of the molecule is COc1ccc(CC(N)=CF)cc1OC. The van der Waals surface area contributed by atoms with Crippen LogP contribution in [0.5, 0.6) is 11.5 Å². The number of methoxy groups -OCH3 is 2. The van der Waals surface area contributed by atoms with Crippen LogP contribution in [0.2, 0.25) is 0 Å². The monoisotopic (exact) mass is 211 g/mol. The highest BCUT2D eigenvalue weighted by molar-refractivity contribution is 5.43. The maximum Gasteiger partial charge on any atom is 0.160 e. The molecule has 0 spiro atoms. The smallest absolute Gasteiger partial charge is 0.160 e. The van der Waals surface area contributed by atoms with Crippen molar-refractivity contribution in [1.29, 1.82) is 0 Å². The summed E-state index contributed by atoms with van der Waals surface area (Å²) in [4.78, 5) is 0. The van der Waals surface area contributed by atoms with E-state index in [2.05, 4.69) is 0 Å². The van der Waals surface area contributed by atoms with Gasteiger partial charge in [-0.2, -0.15) is 0 Å². The number of rotatable bonds is 4. The first-order valence-electron chi connectivity index (χ1n) is 4.47. The van der Waals surface area contributed by atoms with Gasteiger partial charge in [-0.05, 0) is 17.7 Å². The molecule has 1 aromatic rings. The van der Waals surface area contributed by atoms with Crippen molar-refractivity contribution in [3.63, 3.8) is 0 Å². The minimum absolute atomic E-state index is 0.183. The van der Waals surface area contributed by atoms with Gasteiger partial charge in [0.2, 0.25) is 0 Å². The number of ether oxygens (including phenoxy) is 2. The molecule has 1 aromatic carbocycles. The lowest BCUT2D eigenvalue weighted by atomic mass is 10.1. The van der Waals surface area contributed by atoms with Crippen LogP contribution in [0, 0.1) is 0 Å². The molecule has 1 rings (SSSR count). The first kappa shape index (κ1) is 11.4.